The highest BCUT2D eigenvalue weighted by Gasteiger charge is 2.10. The molecule has 0 heterocycles. The van der Waals surface area contributed by atoms with Crippen LogP contribution in [0.25, 0.3) is 0 Å². The van der Waals surface area contributed by atoms with Crippen LogP contribution in [-0.4, -0.2) is 5.78 Å². The summed E-state index contributed by atoms with van der Waals surface area (Å²) < 4.78 is 13.3. The maximum absolute atomic E-state index is 13.3. The molecule has 1 nitrogen and oxygen atoms in total. The van der Waals surface area contributed by atoms with E-state index >= 15 is 0 Å². The van der Waals surface area contributed by atoms with Gasteiger partial charge < -0.3 is 0 Å². The number of ketones is 1. The Bertz CT molecular complexity index is 561. The van der Waals surface area contributed by atoms with Gasteiger partial charge in [0.1, 0.15) is 5.82 Å². The molecule has 0 radical (unpaired) electrons. The minimum Gasteiger partial charge on any atom is -0.289 e. The fourth-order valence-corrected chi connectivity index (χ4v) is 1.63. The second-order valence-corrected chi connectivity index (χ2v) is 4.24. The number of hydrogen-bond donors (Lipinski definition) is 0. The molecule has 0 fully saturated rings. The number of carbonyl (C=O) groups is 1. The number of benzene rings is 2. The third kappa shape index (κ3) is 2.53. The van der Waals surface area contributed by atoms with Crippen molar-refractivity contribution in [3.8, 4) is 0 Å². The fraction of sp³-hybridized carbons (Fsp3) is 0.0714. The van der Waals surface area contributed by atoms with E-state index in [0.717, 1.165) is 0 Å². The van der Waals surface area contributed by atoms with Gasteiger partial charge in [-0.15, -0.1) is 0 Å². The van der Waals surface area contributed by atoms with Gasteiger partial charge in [-0.25, -0.2) is 4.39 Å². The van der Waals surface area contributed by atoms with Crippen molar-refractivity contribution in [3.63, 3.8) is 0 Å². The predicted octanol–water partition coefficient (Wildman–Crippen LogP) is 4.02. The molecule has 0 saturated carbocycles. The van der Waals surface area contributed by atoms with Crippen LogP contribution in [0.4, 0.5) is 4.39 Å². The van der Waals surface area contributed by atoms with Crippen molar-refractivity contribution in [1.29, 1.82) is 0 Å². The molecule has 0 saturated heterocycles. The second-order valence-electron chi connectivity index (χ2n) is 3.80. The molecule has 2 aromatic rings. The van der Waals surface area contributed by atoms with Crippen LogP contribution in [0.5, 0.6) is 0 Å². The van der Waals surface area contributed by atoms with Crippen LogP contribution in [0.15, 0.2) is 42.5 Å². The van der Waals surface area contributed by atoms with Crippen LogP contribution >= 0.6 is 11.6 Å². The maximum atomic E-state index is 13.3. The lowest BCUT2D eigenvalue weighted by atomic mass is 10.0. The Kier molecular flexibility index (Phi) is 3.25. The Morgan fingerprint density at radius 1 is 1.06 bits per heavy atom. The summed E-state index contributed by atoms with van der Waals surface area (Å²) in [7, 11) is 0. The third-order valence-corrected chi connectivity index (χ3v) is 2.79. The first-order chi connectivity index (χ1) is 8.08. The number of carbonyl (C=O) groups excluding carboxylic acids is 1. The lowest BCUT2D eigenvalue weighted by molar-refractivity contribution is 0.103. The van der Waals surface area contributed by atoms with Gasteiger partial charge in [0.15, 0.2) is 5.78 Å². The molecule has 2 aromatic carbocycles. The Morgan fingerprint density at radius 3 is 2.24 bits per heavy atom. The third-order valence-electron chi connectivity index (χ3n) is 2.54. The smallest absolute Gasteiger partial charge is 0.193 e. The largest absolute Gasteiger partial charge is 0.289 e. The first-order valence-electron chi connectivity index (χ1n) is 5.14. The van der Waals surface area contributed by atoms with Crippen LogP contribution in [-0.2, 0) is 0 Å². The monoisotopic (exact) mass is 248 g/mol. The zero-order chi connectivity index (χ0) is 12.4. The first-order valence-corrected chi connectivity index (χ1v) is 5.52. The maximum Gasteiger partial charge on any atom is 0.193 e. The first kappa shape index (κ1) is 11.8. The van der Waals surface area contributed by atoms with Gasteiger partial charge in [0.2, 0.25) is 0 Å². The number of aryl methyl sites for hydroxylation is 1. The van der Waals surface area contributed by atoms with Gasteiger partial charge >= 0.3 is 0 Å². The van der Waals surface area contributed by atoms with Gasteiger partial charge in [-0.05, 0) is 42.8 Å². The summed E-state index contributed by atoms with van der Waals surface area (Å²) in [6.45, 7) is 1.66. The summed E-state index contributed by atoms with van der Waals surface area (Å²) >= 11 is 5.74. The Labute approximate surface area is 104 Å². The van der Waals surface area contributed by atoms with E-state index < -0.39 is 0 Å². The van der Waals surface area contributed by atoms with E-state index in [4.69, 9.17) is 11.6 Å². The Hall–Kier alpha value is -1.67. The average Bonchev–Trinajstić information content (AvgIpc) is 2.33. The zero-order valence-corrected chi connectivity index (χ0v) is 9.96. The number of hydrogen-bond acceptors (Lipinski definition) is 1. The van der Waals surface area contributed by atoms with E-state index in [-0.39, 0.29) is 11.6 Å². The standard InChI is InChI=1S/C14H10ClFO/c1-9-2-3-11(8-13(9)16)14(17)10-4-6-12(15)7-5-10/h2-8H,1H3. The highest BCUT2D eigenvalue weighted by Crippen LogP contribution is 2.16. The van der Waals surface area contributed by atoms with E-state index in [2.05, 4.69) is 0 Å². The van der Waals surface area contributed by atoms with Gasteiger partial charge in [-0.1, -0.05) is 23.7 Å². The quantitative estimate of drug-likeness (QED) is 0.734. The van der Waals surface area contributed by atoms with E-state index in [1.165, 1.54) is 6.07 Å². The SMILES string of the molecule is Cc1ccc(C(=O)c2ccc(Cl)cc2)cc1F. The van der Waals surface area contributed by atoms with Crippen LogP contribution in [0.1, 0.15) is 21.5 Å². The van der Waals surface area contributed by atoms with Crippen molar-refractivity contribution in [3.05, 3.63) is 70.0 Å². The molecule has 0 bridgehead atoms. The van der Waals surface area contributed by atoms with Crippen molar-refractivity contribution in [2.45, 2.75) is 6.92 Å². The summed E-state index contributed by atoms with van der Waals surface area (Å²) in [4.78, 5) is 12.0. The summed E-state index contributed by atoms with van der Waals surface area (Å²) in [5.74, 6) is -0.578. The van der Waals surface area contributed by atoms with Crippen LogP contribution in [0, 0.1) is 12.7 Å². The Balaban J connectivity index is 2.37. The molecule has 86 valence electrons. The van der Waals surface area contributed by atoms with Crippen molar-refractivity contribution < 1.29 is 9.18 Å². The molecule has 2 rings (SSSR count). The van der Waals surface area contributed by atoms with Crippen LogP contribution in [0.3, 0.4) is 0 Å². The van der Waals surface area contributed by atoms with E-state index in [1.807, 2.05) is 0 Å². The van der Waals surface area contributed by atoms with E-state index in [1.54, 1.807) is 43.3 Å². The Morgan fingerprint density at radius 2 is 1.65 bits per heavy atom. The molecule has 0 aliphatic heterocycles. The summed E-state index contributed by atoms with van der Waals surface area (Å²) in [6.07, 6.45) is 0. The van der Waals surface area contributed by atoms with Crippen molar-refractivity contribution in [2.24, 2.45) is 0 Å². The molecule has 0 aliphatic carbocycles. The van der Waals surface area contributed by atoms with Crippen molar-refractivity contribution in [1.82, 2.24) is 0 Å². The lowest BCUT2D eigenvalue weighted by Gasteiger charge is -2.03. The molecule has 0 spiro atoms. The molecule has 0 atom stereocenters. The molecule has 0 amide bonds. The normalized spacial score (nSPS) is 10.3. The molecule has 17 heavy (non-hydrogen) atoms. The van der Waals surface area contributed by atoms with Crippen LogP contribution < -0.4 is 0 Å². The molecule has 0 aromatic heterocycles. The molecular weight excluding hydrogens is 239 g/mol. The molecule has 3 heteroatoms. The number of halogens is 2. The fourth-order valence-electron chi connectivity index (χ4n) is 1.50. The highest BCUT2D eigenvalue weighted by atomic mass is 35.5. The minimum atomic E-state index is -0.371. The molecule has 0 N–H and O–H groups in total. The van der Waals surface area contributed by atoms with Crippen LogP contribution in [0.2, 0.25) is 5.02 Å². The zero-order valence-electron chi connectivity index (χ0n) is 9.21. The van der Waals surface area contributed by atoms with Crippen molar-refractivity contribution >= 4 is 17.4 Å². The van der Waals surface area contributed by atoms with Crippen molar-refractivity contribution in [2.75, 3.05) is 0 Å². The minimum absolute atomic E-state index is 0.208. The average molecular weight is 249 g/mol. The highest BCUT2D eigenvalue weighted by molar-refractivity contribution is 6.30. The molecule has 0 aliphatic rings. The van der Waals surface area contributed by atoms with Gasteiger partial charge in [0.05, 0.1) is 0 Å². The summed E-state index contributed by atoms with van der Waals surface area (Å²) in [5, 5.41) is 0.566. The number of rotatable bonds is 2. The topological polar surface area (TPSA) is 17.1 Å². The van der Waals surface area contributed by atoms with Gasteiger partial charge in [0, 0.05) is 16.1 Å². The molecular formula is C14H10ClFO. The lowest BCUT2D eigenvalue weighted by Crippen LogP contribution is -2.02. The van der Waals surface area contributed by atoms with Gasteiger partial charge in [-0.3, -0.25) is 4.79 Å². The summed E-state index contributed by atoms with van der Waals surface area (Å²) in [6, 6.07) is 11.0. The van der Waals surface area contributed by atoms with Gasteiger partial charge in [0.25, 0.3) is 0 Å². The second kappa shape index (κ2) is 4.68. The molecule has 0 unspecified atom stereocenters. The summed E-state index contributed by atoms with van der Waals surface area (Å²) in [5.41, 5.74) is 1.37. The van der Waals surface area contributed by atoms with E-state index in [0.29, 0.717) is 21.7 Å². The van der Waals surface area contributed by atoms with Gasteiger partial charge in [-0.2, -0.15) is 0 Å². The van der Waals surface area contributed by atoms with E-state index in [9.17, 15) is 9.18 Å². The predicted molar refractivity (Wildman–Crippen MR) is 66.0 cm³/mol.